The molecule has 0 spiro atoms. The number of halogens is 2. The molecule has 10 heteroatoms. The van der Waals surface area contributed by atoms with Gasteiger partial charge in [0.15, 0.2) is 11.5 Å². The molecule has 0 atom stereocenters. The average molecular weight is 485 g/mol. The second-order valence-electron chi connectivity index (χ2n) is 8.69. The topological polar surface area (TPSA) is 110 Å². The zero-order chi connectivity index (χ0) is 25.0. The van der Waals surface area contributed by atoms with Crippen LogP contribution in [-0.2, 0) is 16.6 Å². The summed E-state index contributed by atoms with van der Waals surface area (Å²) in [5.74, 6) is -0.761. The number of benzene rings is 1. The molecule has 0 saturated heterocycles. The van der Waals surface area contributed by atoms with E-state index in [0.29, 0.717) is 35.4 Å². The average Bonchev–Trinajstić information content (AvgIpc) is 3.57. The van der Waals surface area contributed by atoms with E-state index in [1.54, 1.807) is 12.1 Å². The molecule has 1 aliphatic carbocycles. The number of hydrogen-bond donors (Lipinski definition) is 2. The number of aromatic nitrogens is 2. The van der Waals surface area contributed by atoms with Crippen molar-refractivity contribution >= 4 is 11.7 Å². The molecule has 1 fully saturated rings. The third-order valence-corrected chi connectivity index (χ3v) is 6.38. The summed E-state index contributed by atoms with van der Waals surface area (Å²) < 4.78 is 35.8. The van der Waals surface area contributed by atoms with Crippen molar-refractivity contribution in [1.29, 1.82) is 0 Å². The number of aromatic amines is 1. The zero-order valence-electron chi connectivity index (χ0n) is 18.9. The van der Waals surface area contributed by atoms with Gasteiger partial charge in [-0.05, 0) is 55.2 Å². The first-order chi connectivity index (χ1) is 16.6. The molecule has 1 aliphatic heterocycles. The minimum Gasteiger partial charge on any atom is -0.395 e. The van der Waals surface area contributed by atoms with Crippen molar-refractivity contribution in [1.82, 2.24) is 15.3 Å². The Morgan fingerprint density at radius 1 is 1.14 bits per heavy atom. The number of fused-ring (bicyclic) bond motifs is 1. The van der Waals surface area contributed by atoms with Crippen LogP contribution in [0.3, 0.4) is 0 Å². The molecule has 184 valence electrons. The van der Waals surface area contributed by atoms with E-state index in [-0.39, 0.29) is 32.1 Å². The van der Waals surface area contributed by atoms with Gasteiger partial charge < -0.3 is 19.8 Å². The van der Waals surface area contributed by atoms with E-state index in [4.69, 9.17) is 0 Å². The predicted octanol–water partition coefficient (Wildman–Crippen LogP) is 3.76. The molecular weight excluding hydrogens is 460 g/mol. The maximum atomic E-state index is 13.4. The third-order valence-electron chi connectivity index (χ3n) is 6.38. The minimum atomic E-state index is -3.72. The number of rotatable bonds is 6. The van der Waals surface area contributed by atoms with Gasteiger partial charge in [-0.15, -0.1) is 8.78 Å². The van der Waals surface area contributed by atoms with Crippen molar-refractivity contribution in [3.8, 4) is 22.8 Å². The fraction of sp³-hybridized carbons (Fsp3) is 0.280. The highest BCUT2D eigenvalue weighted by molar-refractivity contribution is 5.95. The number of carbonyl (C=O) groups excluding carboxylic acids is 2. The number of amides is 1. The largest absolute Gasteiger partial charge is 0.586 e. The summed E-state index contributed by atoms with van der Waals surface area (Å²) >= 11 is 0. The maximum absolute atomic E-state index is 13.4. The van der Waals surface area contributed by atoms with Crippen LogP contribution in [0, 0.1) is 6.92 Å². The molecule has 3 aromatic rings. The summed E-state index contributed by atoms with van der Waals surface area (Å²) in [6.45, 7) is 1.84. The third kappa shape index (κ3) is 4.05. The molecule has 5 rings (SSSR count). The van der Waals surface area contributed by atoms with Crippen molar-refractivity contribution in [3.63, 3.8) is 0 Å². The van der Waals surface area contributed by atoms with E-state index in [2.05, 4.69) is 24.8 Å². The van der Waals surface area contributed by atoms with E-state index < -0.39 is 23.2 Å². The Kier molecular flexibility index (Phi) is 5.19. The van der Waals surface area contributed by atoms with E-state index >= 15 is 0 Å². The van der Waals surface area contributed by atoms with Gasteiger partial charge in [-0.25, -0.2) is 0 Å². The summed E-state index contributed by atoms with van der Waals surface area (Å²) in [5.41, 5.74) is 1.64. The molecule has 0 bridgehead atoms. The molecule has 0 unspecified atom stereocenters. The molecule has 8 nitrogen and oxygen atoms in total. The Labute approximate surface area is 201 Å². The van der Waals surface area contributed by atoms with Gasteiger partial charge in [0.2, 0.25) is 0 Å². The van der Waals surface area contributed by atoms with Gasteiger partial charge in [-0.3, -0.25) is 19.4 Å². The highest BCUT2D eigenvalue weighted by Gasteiger charge is 2.52. The van der Waals surface area contributed by atoms with Crippen LogP contribution in [0.25, 0.3) is 11.3 Å². The molecule has 0 radical (unpaired) electrons. The van der Waals surface area contributed by atoms with Crippen LogP contribution in [0.4, 0.5) is 8.78 Å². The van der Waals surface area contributed by atoms with Crippen molar-refractivity contribution in [2.24, 2.45) is 0 Å². The maximum Gasteiger partial charge on any atom is 0.586 e. The van der Waals surface area contributed by atoms with E-state index in [0.717, 1.165) is 5.56 Å². The lowest BCUT2D eigenvalue weighted by Crippen LogP contribution is -2.26. The van der Waals surface area contributed by atoms with E-state index in [1.807, 2.05) is 13.0 Å². The number of hydrogen-bond acceptors (Lipinski definition) is 6. The fourth-order valence-corrected chi connectivity index (χ4v) is 4.32. The van der Waals surface area contributed by atoms with E-state index in [9.17, 15) is 23.2 Å². The number of aryl methyl sites for hydroxylation is 1. The lowest BCUT2D eigenvalue weighted by atomic mass is 9.88. The summed E-state index contributed by atoms with van der Waals surface area (Å²) in [7, 11) is 1.43. The van der Waals surface area contributed by atoms with Gasteiger partial charge in [-0.1, -0.05) is 12.1 Å². The zero-order valence-corrected chi connectivity index (χ0v) is 18.9. The number of carbonyl (C=O) groups is 2. The number of Topliss-reactive ketones (excluding diaryl/α,β-unsaturated/α-hetero) is 1. The first-order valence-electron chi connectivity index (χ1n) is 11.0. The Morgan fingerprint density at radius 2 is 1.89 bits per heavy atom. The minimum absolute atomic E-state index is 0. The summed E-state index contributed by atoms with van der Waals surface area (Å²) in [6, 6.07) is 9.47. The van der Waals surface area contributed by atoms with Crippen LogP contribution in [0.1, 0.15) is 42.9 Å². The van der Waals surface area contributed by atoms with Gasteiger partial charge in [0, 0.05) is 33.8 Å². The summed E-state index contributed by atoms with van der Waals surface area (Å²) in [6.07, 6.45) is -1.03. The van der Waals surface area contributed by atoms with Crippen molar-refractivity contribution in [2.75, 3.05) is 7.05 Å². The molecule has 1 amide bonds. The predicted molar refractivity (Wildman–Crippen MR) is 125 cm³/mol. The van der Waals surface area contributed by atoms with Crippen LogP contribution in [0.5, 0.6) is 11.5 Å². The first kappa shape index (κ1) is 22.7. The Bertz CT molecular complexity index is 1440. The smallest absolute Gasteiger partial charge is 0.395 e. The Balaban J connectivity index is 0.00000190. The monoisotopic (exact) mass is 485 g/mol. The van der Waals surface area contributed by atoms with Crippen LogP contribution >= 0.6 is 0 Å². The molecule has 3 heterocycles. The number of nitrogens with one attached hydrogen (secondary N) is 2. The highest BCUT2D eigenvalue weighted by atomic mass is 19.3. The van der Waals surface area contributed by atoms with Gasteiger partial charge in [0.25, 0.3) is 11.5 Å². The SMILES string of the molecule is CNC(=O)c1cc(-c2nc(CC(=O)C3(c4ccc5c(c4)OC(F)(F)O5)CC3)ccc2C)c[nH]c1=O.[HH].[HH]. The quantitative estimate of drug-likeness (QED) is 0.550. The number of H-pyrrole nitrogens is 1. The molecule has 2 aromatic heterocycles. The van der Waals surface area contributed by atoms with Crippen molar-refractivity contribution in [3.05, 3.63) is 75.3 Å². The molecule has 1 aromatic carbocycles. The molecule has 1 saturated carbocycles. The number of ketones is 1. The van der Waals surface area contributed by atoms with Crippen LogP contribution in [0.15, 0.2) is 47.4 Å². The van der Waals surface area contributed by atoms with Crippen molar-refractivity contribution in [2.45, 2.75) is 37.9 Å². The van der Waals surface area contributed by atoms with Crippen LogP contribution in [-0.4, -0.2) is 35.0 Å². The Hall–Kier alpha value is -4.08. The fourth-order valence-electron chi connectivity index (χ4n) is 4.32. The number of pyridine rings is 2. The first-order valence-corrected chi connectivity index (χ1v) is 11.0. The molecular formula is C25H25F2N3O5. The number of alkyl halides is 2. The van der Waals surface area contributed by atoms with E-state index in [1.165, 1.54) is 31.4 Å². The standard InChI is InChI=1S/C25H21F2N3O5.2H2/c1-13-3-5-16(30-21(13)14-9-17(22(32)28-2)23(33)29-12-14)11-20(31)24(7-8-24)15-4-6-18-19(10-15)35-25(26,27)34-18;;/h3-6,9-10,12H,7-8,11H2,1-2H3,(H,28,32)(H,29,33);2*1H. The lowest BCUT2D eigenvalue weighted by molar-refractivity contribution is -0.286. The summed E-state index contributed by atoms with van der Waals surface area (Å²) in [5, 5.41) is 2.43. The second kappa shape index (κ2) is 8.00. The molecule has 2 N–H and O–H groups in total. The molecule has 35 heavy (non-hydrogen) atoms. The second-order valence-corrected chi connectivity index (χ2v) is 8.69. The number of nitrogens with zero attached hydrogens (tertiary/aromatic N) is 1. The van der Waals surface area contributed by atoms with Crippen molar-refractivity contribution < 1.29 is 30.7 Å². The van der Waals surface area contributed by atoms with Crippen LogP contribution in [0.2, 0.25) is 0 Å². The molecule has 2 aliphatic rings. The van der Waals surface area contributed by atoms with Crippen LogP contribution < -0.4 is 20.3 Å². The van der Waals surface area contributed by atoms with Gasteiger partial charge >= 0.3 is 6.29 Å². The summed E-state index contributed by atoms with van der Waals surface area (Å²) in [4.78, 5) is 44.5. The lowest BCUT2D eigenvalue weighted by Gasteiger charge is -2.16. The van der Waals surface area contributed by atoms with Gasteiger partial charge in [0.05, 0.1) is 11.1 Å². The normalized spacial score (nSPS) is 16.6. The van der Waals surface area contributed by atoms with Gasteiger partial charge in [-0.2, -0.15) is 0 Å². The van der Waals surface area contributed by atoms with Gasteiger partial charge in [0.1, 0.15) is 11.3 Å². The highest BCUT2D eigenvalue weighted by Crippen LogP contribution is 2.52. The number of ether oxygens (including phenoxy) is 2. The Morgan fingerprint density at radius 3 is 2.60 bits per heavy atom.